The third kappa shape index (κ3) is 5.17. The molecule has 1 saturated heterocycles. The normalized spacial score (nSPS) is 17.4. The monoisotopic (exact) mass is 464 g/mol. The van der Waals surface area contributed by atoms with Crippen LogP contribution in [0, 0.1) is 6.92 Å². The van der Waals surface area contributed by atoms with E-state index in [-0.39, 0.29) is 28.8 Å². The molecule has 2 aromatic rings. The molecule has 2 amide bonds. The number of nitrogens with zero attached hydrogens (tertiary/aromatic N) is 1. The maximum atomic E-state index is 12.8. The van der Waals surface area contributed by atoms with Gasteiger partial charge in [0, 0.05) is 30.4 Å². The topological polar surface area (TPSA) is 86.5 Å². The van der Waals surface area contributed by atoms with Gasteiger partial charge in [0.15, 0.2) is 0 Å². The third-order valence-electron chi connectivity index (χ3n) is 5.64. The Labute approximate surface area is 191 Å². The second kappa shape index (κ2) is 9.10. The van der Waals surface area contributed by atoms with Crippen molar-refractivity contribution < 1.29 is 14.3 Å². The van der Waals surface area contributed by atoms with Crippen LogP contribution in [0.4, 0.5) is 5.69 Å². The summed E-state index contributed by atoms with van der Waals surface area (Å²) in [6.45, 7) is 3.61. The first-order chi connectivity index (χ1) is 14.8. The average molecular weight is 465 g/mol. The first-order valence-electron chi connectivity index (χ1n) is 10.5. The van der Waals surface area contributed by atoms with Crippen LogP contribution < -0.4 is 15.4 Å². The summed E-state index contributed by atoms with van der Waals surface area (Å²) in [5.74, 6) is -0.0938. The van der Waals surface area contributed by atoms with Crippen LogP contribution in [-0.4, -0.2) is 54.0 Å². The lowest BCUT2D eigenvalue weighted by atomic mass is 10.1. The van der Waals surface area contributed by atoms with Crippen molar-refractivity contribution in [3.8, 4) is 5.75 Å². The smallest absolute Gasteiger partial charge is 0.273 e. The molecule has 2 fully saturated rings. The number of benzene rings is 1. The molecule has 0 unspecified atom stereocenters. The number of halogens is 2. The first kappa shape index (κ1) is 22.0. The van der Waals surface area contributed by atoms with Crippen LogP contribution >= 0.6 is 23.2 Å². The van der Waals surface area contributed by atoms with Gasteiger partial charge >= 0.3 is 0 Å². The number of nitrogens with one attached hydrogen (secondary N) is 3. The Morgan fingerprint density at radius 3 is 2.42 bits per heavy atom. The molecule has 31 heavy (non-hydrogen) atoms. The van der Waals surface area contributed by atoms with E-state index in [9.17, 15) is 9.59 Å². The maximum Gasteiger partial charge on any atom is 0.273 e. The van der Waals surface area contributed by atoms with Gasteiger partial charge < -0.3 is 25.3 Å². The lowest BCUT2D eigenvalue weighted by molar-refractivity contribution is 0.0947. The van der Waals surface area contributed by atoms with Gasteiger partial charge in [0.05, 0.1) is 15.7 Å². The van der Waals surface area contributed by atoms with Crippen LogP contribution in [0.25, 0.3) is 0 Å². The van der Waals surface area contributed by atoms with Gasteiger partial charge in [0.2, 0.25) is 0 Å². The van der Waals surface area contributed by atoms with E-state index in [1.807, 2.05) is 0 Å². The second-order valence-corrected chi connectivity index (χ2v) is 9.04. The van der Waals surface area contributed by atoms with Crippen LogP contribution in [-0.2, 0) is 0 Å². The minimum atomic E-state index is -0.427. The van der Waals surface area contributed by atoms with Crippen LogP contribution in [0.5, 0.6) is 5.75 Å². The van der Waals surface area contributed by atoms with Gasteiger partial charge in [-0.15, -0.1) is 0 Å². The Morgan fingerprint density at radius 1 is 1.10 bits per heavy atom. The van der Waals surface area contributed by atoms with Crippen LogP contribution in [0.3, 0.4) is 0 Å². The number of aromatic nitrogens is 1. The van der Waals surface area contributed by atoms with E-state index in [1.165, 1.54) is 0 Å². The van der Waals surface area contributed by atoms with Gasteiger partial charge in [0.1, 0.15) is 17.5 Å². The predicted molar refractivity (Wildman–Crippen MR) is 122 cm³/mol. The quantitative estimate of drug-likeness (QED) is 0.596. The molecule has 9 heteroatoms. The van der Waals surface area contributed by atoms with E-state index < -0.39 is 5.91 Å². The SMILES string of the molecule is Cc1[nH]c(C(=O)Nc2ccc(C(=O)NC3CC3)cc2OC2CCN(C)CC2)c(Cl)c1Cl. The molecular formula is C22H26Cl2N4O3. The number of rotatable bonds is 6. The highest BCUT2D eigenvalue weighted by Crippen LogP contribution is 2.33. The molecule has 1 saturated carbocycles. The number of anilines is 1. The number of amides is 2. The number of aryl methyl sites for hydroxylation is 1. The number of carbonyl (C=O) groups excluding carboxylic acids is 2. The van der Waals surface area contributed by atoms with Crippen molar-refractivity contribution in [2.24, 2.45) is 0 Å². The Bertz CT molecular complexity index is 995. The predicted octanol–water partition coefficient (Wildman–Crippen LogP) is 4.25. The van der Waals surface area contributed by atoms with E-state index in [1.54, 1.807) is 25.1 Å². The lowest BCUT2D eigenvalue weighted by Gasteiger charge is -2.30. The molecule has 2 aliphatic rings. The van der Waals surface area contributed by atoms with Crippen LogP contribution in [0.15, 0.2) is 18.2 Å². The number of piperidine rings is 1. The van der Waals surface area contributed by atoms with Gasteiger partial charge in [-0.2, -0.15) is 0 Å². The summed E-state index contributed by atoms with van der Waals surface area (Å²) in [6.07, 6.45) is 3.79. The number of likely N-dealkylation sites (tertiary alicyclic amines) is 1. The second-order valence-electron chi connectivity index (χ2n) is 8.29. The molecule has 0 bridgehead atoms. The average Bonchev–Trinajstić information content (AvgIpc) is 3.53. The summed E-state index contributed by atoms with van der Waals surface area (Å²) in [6, 6.07) is 5.33. The number of hydrogen-bond acceptors (Lipinski definition) is 4. The number of ether oxygens (including phenoxy) is 1. The highest BCUT2D eigenvalue weighted by atomic mass is 35.5. The maximum absolute atomic E-state index is 12.8. The largest absolute Gasteiger partial charge is 0.488 e. The fourth-order valence-corrected chi connectivity index (χ4v) is 3.97. The van der Waals surface area contributed by atoms with E-state index >= 15 is 0 Å². The Balaban J connectivity index is 1.57. The zero-order chi connectivity index (χ0) is 22.1. The number of H-pyrrole nitrogens is 1. The molecule has 1 aliphatic heterocycles. The van der Waals surface area contributed by atoms with Crippen molar-refractivity contribution in [3.63, 3.8) is 0 Å². The van der Waals surface area contributed by atoms with Gasteiger partial charge in [0.25, 0.3) is 11.8 Å². The minimum Gasteiger partial charge on any atom is -0.488 e. The Morgan fingerprint density at radius 2 is 1.81 bits per heavy atom. The van der Waals surface area contributed by atoms with Gasteiger partial charge in [-0.25, -0.2) is 0 Å². The molecule has 0 atom stereocenters. The summed E-state index contributed by atoms with van der Waals surface area (Å²) in [4.78, 5) is 30.5. The van der Waals surface area contributed by atoms with Gasteiger partial charge in [-0.05, 0) is 57.9 Å². The summed E-state index contributed by atoms with van der Waals surface area (Å²) in [5.41, 5.74) is 1.78. The van der Waals surface area contributed by atoms with Crippen LogP contribution in [0.1, 0.15) is 52.2 Å². The first-order valence-corrected chi connectivity index (χ1v) is 11.2. The molecule has 1 aromatic carbocycles. The fraction of sp³-hybridized carbons (Fsp3) is 0.455. The van der Waals surface area contributed by atoms with Crippen molar-refractivity contribution in [2.75, 3.05) is 25.5 Å². The van der Waals surface area contributed by atoms with Crippen LogP contribution in [0.2, 0.25) is 10.0 Å². The molecule has 0 radical (unpaired) electrons. The Kier molecular flexibility index (Phi) is 6.46. The van der Waals surface area contributed by atoms with Crippen molar-refractivity contribution in [2.45, 2.75) is 44.8 Å². The molecule has 1 aliphatic carbocycles. The van der Waals surface area contributed by atoms with Crippen molar-refractivity contribution in [1.29, 1.82) is 0 Å². The number of aromatic amines is 1. The fourth-order valence-electron chi connectivity index (χ4n) is 3.56. The highest BCUT2D eigenvalue weighted by Gasteiger charge is 2.26. The molecule has 2 heterocycles. The minimum absolute atomic E-state index is 0.0133. The summed E-state index contributed by atoms with van der Waals surface area (Å²) in [5, 5.41) is 6.33. The standard InChI is InChI=1S/C22H26Cl2N4O3/c1-12-18(23)19(24)20(25-12)22(30)27-16-6-3-13(21(29)26-14-4-5-14)11-17(16)31-15-7-9-28(2)10-8-15/h3,6,11,14-15,25H,4-5,7-10H2,1-2H3,(H,26,29)(H,27,30). The van der Waals surface area contributed by atoms with Gasteiger partial charge in [-0.3, -0.25) is 9.59 Å². The van der Waals surface area contributed by atoms with E-state index in [2.05, 4.69) is 27.6 Å². The molecule has 4 rings (SSSR count). The van der Waals surface area contributed by atoms with E-state index in [4.69, 9.17) is 27.9 Å². The van der Waals surface area contributed by atoms with Crippen molar-refractivity contribution in [1.82, 2.24) is 15.2 Å². The summed E-state index contributed by atoms with van der Waals surface area (Å²) in [7, 11) is 2.08. The summed E-state index contributed by atoms with van der Waals surface area (Å²) < 4.78 is 6.25. The zero-order valence-corrected chi connectivity index (χ0v) is 19.1. The van der Waals surface area contributed by atoms with E-state index in [0.717, 1.165) is 38.8 Å². The Hall–Kier alpha value is -2.22. The zero-order valence-electron chi connectivity index (χ0n) is 17.6. The highest BCUT2D eigenvalue weighted by molar-refractivity contribution is 6.44. The lowest BCUT2D eigenvalue weighted by Crippen LogP contribution is -2.35. The summed E-state index contributed by atoms with van der Waals surface area (Å²) >= 11 is 12.3. The molecule has 166 valence electrons. The van der Waals surface area contributed by atoms with E-state index in [0.29, 0.717) is 27.7 Å². The molecular weight excluding hydrogens is 439 g/mol. The number of hydrogen-bond donors (Lipinski definition) is 3. The third-order valence-corrected chi connectivity index (χ3v) is 6.59. The van der Waals surface area contributed by atoms with Crippen molar-refractivity contribution in [3.05, 3.63) is 45.2 Å². The molecule has 0 spiro atoms. The van der Waals surface area contributed by atoms with Gasteiger partial charge in [-0.1, -0.05) is 23.2 Å². The molecule has 3 N–H and O–H groups in total. The number of carbonyl (C=O) groups is 2. The molecule has 1 aromatic heterocycles. The van der Waals surface area contributed by atoms with Crippen molar-refractivity contribution >= 4 is 40.7 Å². The molecule has 7 nitrogen and oxygen atoms in total.